The van der Waals surface area contributed by atoms with Crippen molar-refractivity contribution in [1.29, 1.82) is 0 Å². The van der Waals surface area contributed by atoms with Crippen molar-refractivity contribution in [1.82, 2.24) is 9.78 Å². The smallest absolute Gasteiger partial charge is 0.267 e. The maximum atomic E-state index is 11.7. The molecule has 0 aliphatic heterocycles. The van der Waals surface area contributed by atoms with E-state index in [1.807, 2.05) is 24.3 Å². The maximum absolute atomic E-state index is 11.7. The van der Waals surface area contributed by atoms with Crippen LogP contribution < -0.4 is 16.0 Å². The highest BCUT2D eigenvalue weighted by atomic mass is 32.1. The standard InChI is InChI=1S/C13H13N3O2S/c1-18-11-5-6-12(17)16(15-11)8-9-3-2-4-10(7-9)13(14)19/h2-7H,8H2,1H3,(H2,14,19). The molecule has 0 unspecified atom stereocenters. The fraction of sp³-hybridized carbons (Fsp3) is 0.154. The lowest BCUT2D eigenvalue weighted by molar-refractivity contribution is 0.379. The fourth-order valence-electron chi connectivity index (χ4n) is 1.65. The third-order valence-corrected chi connectivity index (χ3v) is 2.83. The molecule has 2 rings (SSSR count). The van der Waals surface area contributed by atoms with Gasteiger partial charge in [0.15, 0.2) is 0 Å². The van der Waals surface area contributed by atoms with Gasteiger partial charge in [-0.1, -0.05) is 30.4 Å². The lowest BCUT2D eigenvalue weighted by Crippen LogP contribution is -2.22. The predicted molar refractivity (Wildman–Crippen MR) is 76.5 cm³/mol. The average Bonchev–Trinajstić information content (AvgIpc) is 2.41. The lowest BCUT2D eigenvalue weighted by Gasteiger charge is -2.07. The number of aromatic nitrogens is 2. The van der Waals surface area contributed by atoms with Crippen LogP contribution in [0.3, 0.4) is 0 Å². The summed E-state index contributed by atoms with van der Waals surface area (Å²) in [6.07, 6.45) is 0. The molecule has 0 atom stereocenters. The molecule has 0 aliphatic carbocycles. The predicted octanol–water partition coefficient (Wildman–Crippen LogP) is 0.934. The average molecular weight is 275 g/mol. The summed E-state index contributed by atoms with van der Waals surface area (Å²) in [6.45, 7) is 0.340. The number of nitrogens with two attached hydrogens (primary N) is 1. The van der Waals surface area contributed by atoms with Crippen LogP contribution in [0.5, 0.6) is 5.88 Å². The van der Waals surface area contributed by atoms with E-state index in [-0.39, 0.29) is 5.56 Å². The Bertz CT molecular complexity index is 667. The van der Waals surface area contributed by atoms with E-state index in [1.54, 1.807) is 0 Å². The first-order valence-corrected chi connectivity index (χ1v) is 6.02. The van der Waals surface area contributed by atoms with Gasteiger partial charge in [-0.25, -0.2) is 4.68 Å². The van der Waals surface area contributed by atoms with E-state index in [0.717, 1.165) is 11.1 Å². The van der Waals surface area contributed by atoms with Gasteiger partial charge in [0.25, 0.3) is 5.56 Å². The van der Waals surface area contributed by atoms with Crippen molar-refractivity contribution in [3.8, 4) is 5.88 Å². The summed E-state index contributed by atoms with van der Waals surface area (Å²) in [5, 5.41) is 4.08. The summed E-state index contributed by atoms with van der Waals surface area (Å²) in [5.74, 6) is 0.394. The molecule has 2 N–H and O–H groups in total. The highest BCUT2D eigenvalue weighted by Gasteiger charge is 2.03. The Labute approximate surface area is 115 Å². The molecule has 0 fully saturated rings. The third-order valence-electron chi connectivity index (χ3n) is 2.60. The number of hydrogen-bond donors (Lipinski definition) is 1. The zero-order valence-electron chi connectivity index (χ0n) is 10.4. The van der Waals surface area contributed by atoms with Crippen molar-refractivity contribution in [2.75, 3.05) is 7.11 Å². The van der Waals surface area contributed by atoms with E-state index in [9.17, 15) is 4.79 Å². The Hall–Kier alpha value is -2.21. The number of ether oxygens (including phenoxy) is 1. The van der Waals surface area contributed by atoms with Crippen LogP contribution in [0.1, 0.15) is 11.1 Å². The van der Waals surface area contributed by atoms with Crippen LogP contribution in [-0.4, -0.2) is 21.9 Å². The minimum Gasteiger partial charge on any atom is -0.480 e. The van der Waals surface area contributed by atoms with E-state index in [0.29, 0.717) is 17.4 Å². The quantitative estimate of drug-likeness (QED) is 0.841. The second-order valence-electron chi connectivity index (χ2n) is 3.94. The largest absolute Gasteiger partial charge is 0.480 e. The van der Waals surface area contributed by atoms with Gasteiger partial charge in [0.1, 0.15) is 4.99 Å². The Morgan fingerprint density at radius 2 is 2.21 bits per heavy atom. The van der Waals surface area contributed by atoms with Gasteiger partial charge >= 0.3 is 0 Å². The molecule has 1 aromatic heterocycles. The monoisotopic (exact) mass is 275 g/mol. The Balaban J connectivity index is 2.33. The lowest BCUT2D eigenvalue weighted by atomic mass is 10.1. The van der Waals surface area contributed by atoms with Crippen molar-refractivity contribution in [3.63, 3.8) is 0 Å². The van der Waals surface area contributed by atoms with Crippen LogP contribution >= 0.6 is 12.2 Å². The first kappa shape index (κ1) is 13.2. The van der Waals surface area contributed by atoms with Gasteiger partial charge in [-0.15, -0.1) is 5.10 Å². The zero-order chi connectivity index (χ0) is 13.8. The van der Waals surface area contributed by atoms with Crippen LogP contribution in [0.25, 0.3) is 0 Å². The van der Waals surface area contributed by atoms with Crippen LogP contribution in [0.2, 0.25) is 0 Å². The van der Waals surface area contributed by atoms with E-state index >= 15 is 0 Å². The van der Waals surface area contributed by atoms with Crippen LogP contribution in [0.15, 0.2) is 41.2 Å². The first-order valence-electron chi connectivity index (χ1n) is 5.61. The molecule has 1 aromatic carbocycles. The molecule has 0 saturated carbocycles. The second-order valence-corrected chi connectivity index (χ2v) is 4.38. The summed E-state index contributed by atoms with van der Waals surface area (Å²) in [4.78, 5) is 12.0. The molecule has 0 radical (unpaired) electrons. The van der Waals surface area contributed by atoms with E-state index in [2.05, 4.69) is 5.10 Å². The third kappa shape index (κ3) is 3.17. The van der Waals surface area contributed by atoms with Crippen molar-refractivity contribution in [2.24, 2.45) is 5.73 Å². The molecule has 98 valence electrons. The van der Waals surface area contributed by atoms with Gasteiger partial charge in [0.2, 0.25) is 5.88 Å². The molecule has 0 bridgehead atoms. The van der Waals surface area contributed by atoms with Crippen molar-refractivity contribution < 1.29 is 4.74 Å². The van der Waals surface area contributed by atoms with Gasteiger partial charge in [-0.05, 0) is 11.6 Å². The van der Waals surface area contributed by atoms with Gasteiger partial charge in [0, 0.05) is 17.7 Å². The topological polar surface area (TPSA) is 70.1 Å². The second kappa shape index (κ2) is 5.62. The Kier molecular flexibility index (Phi) is 3.91. The number of benzene rings is 1. The molecule has 2 aromatic rings. The Morgan fingerprint density at radius 1 is 1.42 bits per heavy atom. The summed E-state index contributed by atoms with van der Waals surface area (Å²) in [6, 6.07) is 10.3. The van der Waals surface area contributed by atoms with Gasteiger partial charge in [0.05, 0.1) is 13.7 Å². The van der Waals surface area contributed by atoms with Crippen LogP contribution in [-0.2, 0) is 6.54 Å². The maximum Gasteiger partial charge on any atom is 0.267 e. The first-order chi connectivity index (χ1) is 9.10. The summed E-state index contributed by atoms with van der Waals surface area (Å²) < 4.78 is 6.33. The summed E-state index contributed by atoms with van der Waals surface area (Å²) in [7, 11) is 1.50. The van der Waals surface area contributed by atoms with Crippen molar-refractivity contribution >= 4 is 17.2 Å². The molecule has 19 heavy (non-hydrogen) atoms. The number of thiocarbonyl (C=S) groups is 1. The molecule has 5 nitrogen and oxygen atoms in total. The number of rotatable bonds is 4. The molecule has 6 heteroatoms. The van der Waals surface area contributed by atoms with E-state index < -0.39 is 0 Å². The molecule has 0 amide bonds. The molecular weight excluding hydrogens is 262 g/mol. The Morgan fingerprint density at radius 3 is 2.89 bits per heavy atom. The van der Waals surface area contributed by atoms with E-state index in [1.165, 1.54) is 23.9 Å². The molecule has 0 spiro atoms. The molecular formula is C13H13N3O2S. The molecule has 0 saturated heterocycles. The summed E-state index contributed by atoms with van der Waals surface area (Å²) in [5.41, 5.74) is 7.05. The molecule has 1 heterocycles. The van der Waals surface area contributed by atoms with Gasteiger partial charge < -0.3 is 10.5 Å². The van der Waals surface area contributed by atoms with E-state index in [4.69, 9.17) is 22.7 Å². The minimum atomic E-state index is -0.193. The van der Waals surface area contributed by atoms with Crippen molar-refractivity contribution in [3.05, 3.63) is 57.9 Å². The fourth-order valence-corrected chi connectivity index (χ4v) is 1.78. The number of methoxy groups -OCH3 is 1. The van der Waals surface area contributed by atoms with Crippen molar-refractivity contribution in [2.45, 2.75) is 6.54 Å². The minimum absolute atomic E-state index is 0.193. The summed E-state index contributed by atoms with van der Waals surface area (Å²) >= 11 is 4.93. The number of hydrogen-bond acceptors (Lipinski definition) is 4. The highest BCUT2D eigenvalue weighted by Crippen LogP contribution is 2.07. The normalized spacial score (nSPS) is 10.2. The number of nitrogens with zero attached hydrogens (tertiary/aromatic N) is 2. The zero-order valence-corrected chi connectivity index (χ0v) is 11.2. The highest BCUT2D eigenvalue weighted by molar-refractivity contribution is 7.80. The van der Waals surface area contributed by atoms with Crippen LogP contribution in [0.4, 0.5) is 0 Å². The van der Waals surface area contributed by atoms with Crippen LogP contribution in [0, 0.1) is 0 Å². The van der Waals surface area contributed by atoms with Gasteiger partial charge in [-0.2, -0.15) is 0 Å². The molecule has 0 aliphatic rings. The van der Waals surface area contributed by atoms with Gasteiger partial charge in [-0.3, -0.25) is 4.79 Å². The SMILES string of the molecule is COc1ccc(=O)n(Cc2cccc(C(N)=S)c2)n1.